The van der Waals surface area contributed by atoms with Crippen molar-refractivity contribution in [1.29, 1.82) is 5.26 Å². The van der Waals surface area contributed by atoms with Gasteiger partial charge in [0, 0.05) is 30.8 Å². The zero-order valence-corrected chi connectivity index (χ0v) is 14.5. The Labute approximate surface area is 147 Å². The second kappa shape index (κ2) is 7.95. The molecular formula is C19H23N5O. The molecule has 1 atom stereocenters. The fourth-order valence-electron chi connectivity index (χ4n) is 3.18. The van der Waals surface area contributed by atoms with E-state index in [9.17, 15) is 4.79 Å². The maximum atomic E-state index is 12.2. The Bertz CT molecular complexity index is 762. The first-order valence-electron chi connectivity index (χ1n) is 8.69. The van der Waals surface area contributed by atoms with Crippen LogP contribution in [0, 0.1) is 18.3 Å². The minimum absolute atomic E-state index is 0.00720. The maximum Gasteiger partial charge on any atom is 0.237 e. The van der Waals surface area contributed by atoms with Crippen LogP contribution in [0.4, 0.5) is 0 Å². The van der Waals surface area contributed by atoms with Crippen molar-refractivity contribution in [3.8, 4) is 17.5 Å². The molecule has 0 radical (unpaired) electrons. The summed E-state index contributed by atoms with van der Waals surface area (Å²) in [4.78, 5) is 21.8. The summed E-state index contributed by atoms with van der Waals surface area (Å²) < 4.78 is 0. The van der Waals surface area contributed by atoms with Crippen LogP contribution in [0.25, 0.3) is 11.4 Å². The summed E-state index contributed by atoms with van der Waals surface area (Å²) in [5.74, 6) is 0.880. The molecule has 6 nitrogen and oxygen atoms in total. The molecule has 0 saturated carbocycles. The predicted molar refractivity (Wildman–Crippen MR) is 95.7 cm³/mol. The van der Waals surface area contributed by atoms with Gasteiger partial charge in [0.2, 0.25) is 5.91 Å². The van der Waals surface area contributed by atoms with Crippen LogP contribution in [0.1, 0.15) is 24.2 Å². The fraction of sp³-hybridized carbons (Fsp3) is 0.421. The molecule has 2 N–H and O–H groups in total. The van der Waals surface area contributed by atoms with Gasteiger partial charge in [-0.1, -0.05) is 30.3 Å². The third kappa shape index (κ3) is 4.06. The number of hydrogen-bond donors (Lipinski definition) is 2. The highest BCUT2D eigenvalue weighted by atomic mass is 16.2. The van der Waals surface area contributed by atoms with Gasteiger partial charge in [0.25, 0.3) is 0 Å². The quantitative estimate of drug-likeness (QED) is 0.790. The molecule has 1 aliphatic rings. The molecule has 0 bridgehead atoms. The van der Waals surface area contributed by atoms with E-state index >= 15 is 0 Å². The molecule has 0 spiro atoms. The van der Waals surface area contributed by atoms with Crippen molar-refractivity contribution in [2.24, 2.45) is 0 Å². The van der Waals surface area contributed by atoms with Crippen LogP contribution in [0.2, 0.25) is 0 Å². The molecule has 1 aromatic carbocycles. The Kier molecular flexibility index (Phi) is 5.46. The smallest absolute Gasteiger partial charge is 0.237 e. The average molecular weight is 337 g/mol. The predicted octanol–water partition coefficient (Wildman–Crippen LogP) is 2.03. The standard InChI is InChI=1S/C19H23N5O/c1-14-17(23-19(22-14)15-6-3-2-4-7-15)9-10-21-13-18(25)24-11-5-8-16(24)12-20/h2-4,6-7,16,21H,5,8-11,13H2,1H3,(H,22,23)/t16-/m0/s1. The van der Waals surface area contributed by atoms with Gasteiger partial charge in [0.15, 0.2) is 0 Å². The van der Waals surface area contributed by atoms with Crippen molar-refractivity contribution in [1.82, 2.24) is 20.2 Å². The Morgan fingerprint density at radius 2 is 2.24 bits per heavy atom. The molecular weight excluding hydrogens is 314 g/mol. The van der Waals surface area contributed by atoms with Gasteiger partial charge in [0.05, 0.1) is 18.3 Å². The first kappa shape index (κ1) is 17.2. The lowest BCUT2D eigenvalue weighted by atomic mass is 10.2. The number of aromatic amines is 1. The van der Waals surface area contributed by atoms with Crippen molar-refractivity contribution in [2.75, 3.05) is 19.6 Å². The zero-order valence-electron chi connectivity index (χ0n) is 14.5. The maximum absolute atomic E-state index is 12.2. The first-order chi connectivity index (χ1) is 12.2. The number of amides is 1. The number of likely N-dealkylation sites (tertiary alicyclic amines) is 1. The first-order valence-corrected chi connectivity index (χ1v) is 8.69. The van der Waals surface area contributed by atoms with Crippen molar-refractivity contribution in [2.45, 2.75) is 32.2 Å². The molecule has 1 aliphatic heterocycles. The number of rotatable bonds is 6. The molecule has 2 heterocycles. The van der Waals surface area contributed by atoms with Crippen LogP contribution in [-0.2, 0) is 11.2 Å². The van der Waals surface area contributed by atoms with E-state index in [1.165, 1.54) is 0 Å². The number of aromatic nitrogens is 2. The summed E-state index contributed by atoms with van der Waals surface area (Å²) in [6, 6.07) is 12.0. The van der Waals surface area contributed by atoms with Crippen LogP contribution in [0.15, 0.2) is 30.3 Å². The normalized spacial score (nSPS) is 16.8. The van der Waals surface area contributed by atoms with Crippen LogP contribution in [0.3, 0.4) is 0 Å². The van der Waals surface area contributed by atoms with Crippen molar-refractivity contribution in [3.05, 3.63) is 41.7 Å². The number of imidazole rings is 1. The summed E-state index contributed by atoms with van der Waals surface area (Å²) >= 11 is 0. The molecule has 0 aliphatic carbocycles. The number of nitriles is 1. The third-order valence-corrected chi connectivity index (χ3v) is 4.57. The van der Waals surface area contributed by atoms with Gasteiger partial charge < -0.3 is 15.2 Å². The second-order valence-electron chi connectivity index (χ2n) is 6.32. The van der Waals surface area contributed by atoms with Crippen molar-refractivity contribution in [3.63, 3.8) is 0 Å². The number of hydrogen-bond acceptors (Lipinski definition) is 4. The Morgan fingerprint density at radius 1 is 1.44 bits per heavy atom. The lowest BCUT2D eigenvalue weighted by molar-refractivity contribution is -0.130. The van der Waals surface area contributed by atoms with E-state index in [-0.39, 0.29) is 18.5 Å². The van der Waals surface area contributed by atoms with Gasteiger partial charge in [0.1, 0.15) is 11.9 Å². The number of benzene rings is 1. The van der Waals surface area contributed by atoms with E-state index in [1.807, 2.05) is 37.3 Å². The SMILES string of the molecule is Cc1[nH]c(-c2ccccc2)nc1CCNCC(=O)N1CCC[C@H]1C#N. The second-order valence-corrected chi connectivity index (χ2v) is 6.32. The Balaban J connectivity index is 1.49. The molecule has 1 amide bonds. The Morgan fingerprint density at radius 3 is 3.00 bits per heavy atom. The Hall–Kier alpha value is -2.65. The molecule has 0 unspecified atom stereocenters. The highest BCUT2D eigenvalue weighted by Gasteiger charge is 2.27. The van der Waals surface area contributed by atoms with Crippen molar-refractivity contribution < 1.29 is 4.79 Å². The molecule has 130 valence electrons. The third-order valence-electron chi connectivity index (χ3n) is 4.57. The van der Waals surface area contributed by atoms with E-state index < -0.39 is 0 Å². The van der Waals surface area contributed by atoms with Gasteiger partial charge in [-0.15, -0.1) is 0 Å². The van der Waals surface area contributed by atoms with Crippen LogP contribution in [-0.4, -0.2) is 46.5 Å². The minimum atomic E-state index is -0.253. The van der Waals surface area contributed by atoms with E-state index in [0.29, 0.717) is 13.1 Å². The van der Waals surface area contributed by atoms with E-state index in [2.05, 4.69) is 21.4 Å². The molecule has 1 saturated heterocycles. The van der Waals surface area contributed by atoms with Gasteiger partial charge in [-0.25, -0.2) is 4.98 Å². The molecule has 25 heavy (non-hydrogen) atoms. The average Bonchev–Trinajstić information content (AvgIpc) is 3.26. The van der Waals surface area contributed by atoms with E-state index in [0.717, 1.165) is 42.0 Å². The zero-order chi connectivity index (χ0) is 17.6. The van der Waals surface area contributed by atoms with Gasteiger partial charge in [-0.3, -0.25) is 4.79 Å². The van der Waals surface area contributed by atoms with E-state index in [1.54, 1.807) is 4.90 Å². The van der Waals surface area contributed by atoms with E-state index in [4.69, 9.17) is 5.26 Å². The number of H-pyrrole nitrogens is 1. The van der Waals surface area contributed by atoms with Crippen LogP contribution < -0.4 is 5.32 Å². The molecule has 1 fully saturated rings. The summed E-state index contributed by atoms with van der Waals surface area (Å²) in [5, 5.41) is 12.2. The monoisotopic (exact) mass is 337 g/mol. The number of nitrogens with zero attached hydrogens (tertiary/aromatic N) is 3. The van der Waals surface area contributed by atoms with Gasteiger partial charge >= 0.3 is 0 Å². The van der Waals surface area contributed by atoms with Crippen molar-refractivity contribution >= 4 is 5.91 Å². The summed E-state index contributed by atoms with van der Waals surface area (Å²) in [7, 11) is 0. The topological polar surface area (TPSA) is 84.8 Å². The molecule has 6 heteroatoms. The largest absolute Gasteiger partial charge is 0.342 e. The van der Waals surface area contributed by atoms with Gasteiger partial charge in [-0.05, 0) is 19.8 Å². The number of carbonyl (C=O) groups is 1. The summed E-state index contributed by atoms with van der Waals surface area (Å²) in [5.41, 5.74) is 3.13. The van der Waals surface area contributed by atoms with Crippen LogP contribution in [0.5, 0.6) is 0 Å². The molecule has 2 aromatic rings. The lowest BCUT2D eigenvalue weighted by Gasteiger charge is -2.19. The number of carbonyl (C=O) groups excluding carboxylic acids is 1. The van der Waals surface area contributed by atoms with Gasteiger partial charge in [-0.2, -0.15) is 5.26 Å². The molecule has 1 aromatic heterocycles. The minimum Gasteiger partial charge on any atom is -0.342 e. The summed E-state index contributed by atoms with van der Waals surface area (Å²) in [6.07, 6.45) is 2.46. The highest BCUT2D eigenvalue weighted by molar-refractivity contribution is 5.79. The number of aryl methyl sites for hydroxylation is 1. The lowest BCUT2D eigenvalue weighted by Crippen LogP contribution is -2.41. The van der Waals surface area contributed by atoms with Crippen LogP contribution >= 0.6 is 0 Å². The number of nitrogens with one attached hydrogen (secondary N) is 2. The summed E-state index contributed by atoms with van der Waals surface area (Å²) in [6.45, 7) is 3.66. The fourth-order valence-corrected chi connectivity index (χ4v) is 3.18. The molecule has 3 rings (SSSR count). The highest BCUT2D eigenvalue weighted by Crippen LogP contribution is 2.18.